The summed E-state index contributed by atoms with van der Waals surface area (Å²) >= 11 is 12.0. The Kier molecular flexibility index (Phi) is 5.04. The van der Waals surface area contributed by atoms with Crippen LogP contribution in [-0.2, 0) is 0 Å². The molecule has 4 nitrogen and oxygen atoms in total. The molecule has 0 aliphatic carbocycles. The van der Waals surface area contributed by atoms with Crippen molar-refractivity contribution in [2.45, 2.75) is 6.92 Å². The molecule has 0 bridgehead atoms. The summed E-state index contributed by atoms with van der Waals surface area (Å²) in [7, 11) is 1.44. The van der Waals surface area contributed by atoms with Gasteiger partial charge in [0, 0.05) is 5.56 Å². The van der Waals surface area contributed by atoms with Crippen LogP contribution < -0.4 is 9.47 Å². The SMILES string of the molecule is CCOc1ccc(C(=O)c2ccc(Cl)c(OC)n2)cc1Cl. The van der Waals surface area contributed by atoms with Crippen LogP contribution in [0.15, 0.2) is 30.3 Å². The predicted octanol–water partition coefficient (Wildman–Crippen LogP) is 4.03. The van der Waals surface area contributed by atoms with Crippen LogP contribution in [0.25, 0.3) is 0 Å². The monoisotopic (exact) mass is 325 g/mol. The Morgan fingerprint density at radius 2 is 1.95 bits per heavy atom. The maximum atomic E-state index is 12.4. The van der Waals surface area contributed by atoms with Gasteiger partial charge in [-0.05, 0) is 37.3 Å². The third kappa shape index (κ3) is 3.46. The number of rotatable bonds is 5. The summed E-state index contributed by atoms with van der Waals surface area (Å²) in [5.74, 6) is 0.479. The van der Waals surface area contributed by atoms with Crippen molar-refractivity contribution in [3.8, 4) is 11.6 Å². The van der Waals surface area contributed by atoms with Gasteiger partial charge in [-0.1, -0.05) is 23.2 Å². The molecule has 0 spiro atoms. The highest BCUT2D eigenvalue weighted by Gasteiger charge is 2.15. The molecule has 1 aromatic carbocycles. The van der Waals surface area contributed by atoms with Crippen LogP contribution in [0.1, 0.15) is 23.0 Å². The number of nitrogens with zero attached hydrogens (tertiary/aromatic N) is 1. The molecule has 110 valence electrons. The Balaban J connectivity index is 2.34. The zero-order chi connectivity index (χ0) is 15.4. The zero-order valence-electron chi connectivity index (χ0n) is 11.5. The molecule has 21 heavy (non-hydrogen) atoms. The average molecular weight is 326 g/mol. The highest BCUT2D eigenvalue weighted by molar-refractivity contribution is 6.33. The van der Waals surface area contributed by atoms with E-state index in [9.17, 15) is 4.79 Å². The van der Waals surface area contributed by atoms with Gasteiger partial charge in [0.25, 0.3) is 0 Å². The van der Waals surface area contributed by atoms with Crippen LogP contribution in [-0.4, -0.2) is 24.5 Å². The Labute approximate surface area is 132 Å². The fourth-order valence-electron chi connectivity index (χ4n) is 1.76. The van der Waals surface area contributed by atoms with Crippen molar-refractivity contribution < 1.29 is 14.3 Å². The lowest BCUT2D eigenvalue weighted by atomic mass is 10.1. The summed E-state index contributed by atoms with van der Waals surface area (Å²) in [4.78, 5) is 16.5. The second kappa shape index (κ2) is 6.78. The van der Waals surface area contributed by atoms with Crippen LogP contribution in [0.4, 0.5) is 0 Å². The molecule has 0 radical (unpaired) electrons. The fourth-order valence-corrected chi connectivity index (χ4v) is 2.17. The van der Waals surface area contributed by atoms with Gasteiger partial charge >= 0.3 is 0 Å². The van der Waals surface area contributed by atoms with E-state index in [1.54, 1.807) is 24.3 Å². The average Bonchev–Trinajstić information content (AvgIpc) is 2.49. The van der Waals surface area contributed by atoms with Gasteiger partial charge in [-0.25, -0.2) is 4.98 Å². The molecule has 0 saturated carbocycles. The van der Waals surface area contributed by atoms with E-state index in [1.165, 1.54) is 13.2 Å². The molecule has 0 saturated heterocycles. The van der Waals surface area contributed by atoms with Crippen molar-refractivity contribution in [1.82, 2.24) is 4.98 Å². The van der Waals surface area contributed by atoms with Crippen molar-refractivity contribution in [3.05, 3.63) is 51.6 Å². The standard InChI is InChI=1S/C15H13Cl2NO3/c1-3-21-13-7-4-9(8-11(13)17)14(19)12-6-5-10(16)15(18-12)20-2/h4-8H,3H2,1-2H3. The van der Waals surface area contributed by atoms with Crippen LogP contribution in [0.2, 0.25) is 10.0 Å². The molecule has 0 aliphatic rings. The molecule has 0 N–H and O–H groups in total. The molecule has 0 unspecified atom stereocenters. The number of pyridine rings is 1. The van der Waals surface area contributed by atoms with E-state index in [0.29, 0.717) is 28.0 Å². The van der Waals surface area contributed by atoms with Crippen LogP contribution in [0.5, 0.6) is 11.6 Å². The minimum Gasteiger partial charge on any atom is -0.492 e. The number of hydrogen-bond acceptors (Lipinski definition) is 4. The van der Waals surface area contributed by atoms with E-state index in [4.69, 9.17) is 32.7 Å². The van der Waals surface area contributed by atoms with Crippen LogP contribution in [0, 0.1) is 0 Å². The molecule has 1 aromatic heterocycles. The van der Waals surface area contributed by atoms with E-state index in [-0.39, 0.29) is 17.4 Å². The molecule has 2 rings (SSSR count). The first-order valence-electron chi connectivity index (χ1n) is 6.24. The number of carbonyl (C=O) groups is 1. The van der Waals surface area contributed by atoms with Crippen molar-refractivity contribution in [1.29, 1.82) is 0 Å². The number of benzene rings is 1. The highest BCUT2D eigenvalue weighted by Crippen LogP contribution is 2.27. The van der Waals surface area contributed by atoms with Crippen molar-refractivity contribution >= 4 is 29.0 Å². The van der Waals surface area contributed by atoms with Crippen molar-refractivity contribution in [3.63, 3.8) is 0 Å². The predicted molar refractivity (Wildman–Crippen MR) is 81.9 cm³/mol. The van der Waals surface area contributed by atoms with Gasteiger partial charge < -0.3 is 9.47 Å². The van der Waals surface area contributed by atoms with Gasteiger partial charge in [-0.2, -0.15) is 0 Å². The number of hydrogen-bond donors (Lipinski definition) is 0. The Hall–Kier alpha value is -1.78. The molecule has 1 heterocycles. The summed E-state index contributed by atoms with van der Waals surface area (Å²) in [5.41, 5.74) is 0.650. The smallest absolute Gasteiger partial charge is 0.232 e. The molecule has 0 aliphatic heterocycles. The number of ether oxygens (including phenoxy) is 2. The van der Waals surface area contributed by atoms with E-state index in [0.717, 1.165) is 0 Å². The first-order chi connectivity index (χ1) is 10.1. The lowest BCUT2D eigenvalue weighted by molar-refractivity contribution is 0.103. The summed E-state index contributed by atoms with van der Waals surface area (Å²) in [5, 5.41) is 0.724. The first kappa shape index (κ1) is 15.6. The molecule has 0 atom stereocenters. The minimum atomic E-state index is -0.269. The zero-order valence-corrected chi connectivity index (χ0v) is 13.0. The van der Waals surface area contributed by atoms with E-state index in [1.807, 2.05) is 6.92 Å². The van der Waals surface area contributed by atoms with Gasteiger partial charge in [0.1, 0.15) is 16.5 Å². The van der Waals surface area contributed by atoms with E-state index in [2.05, 4.69) is 4.98 Å². The quantitative estimate of drug-likeness (QED) is 0.779. The van der Waals surface area contributed by atoms with Crippen LogP contribution in [0.3, 0.4) is 0 Å². The largest absolute Gasteiger partial charge is 0.492 e. The Morgan fingerprint density at radius 3 is 2.57 bits per heavy atom. The lowest BCUT2D eigenvalue weighted by Gasteiger charge is -2.08. The second-order valence-corrected chi connectivity index (χ2v) is 4.91. The summed E-state index contributed by atoms with van der Waals surface area (Å²) in [6, 6.07) is 7.96. The van der Waals surface area contributed by atoms with Gasteiger partial charge in [0.2, 0.25) is 11.7 Å². The van der Waals surface area contributed by atoms with Crippen molar-refractivity contribution in [2.24, 2.45) is 0 Å². The van der Waals surface area contributed by atoms with Gasteiger partial charge in [0.15, 0.2) is 0 Å². The molecule has 0 fully saturated rings. The van der Waals surface area contributed by atoms with Gasteiger partial charge in [-0.15, -0.1) is 0 Å². The topological polar surface area (TPSA) is 48.4 Å². The number of aromatic nitrogens is 1. The first-order valence-corrected chi connectivity index (χ1v) is 7.00. The van der Waals surface area contributed by atoms with E-state index < -0.39 is 0 Å². The molecular formula is C15H13Cl2NO3. The number of halogens is 2. The van der Waals surface area contributed by atoms with Crippen molar-refractivity contribution in [2.75, 3.05) is 13.7 Å². The number of methoxy groups -OCH3 is 1. The lowest BCUT2D eigenvalue weighted by Crippen LogP contribution is -2.05. The van der Waals surface area contributed by atoms with Crippen LogP contribution >= 0.6 is 23.2 Å². The minimum absolute atomic E-state index is 0.208. The molecular weight excluding hydrogens is 313 g/mol. The maximum absolute atomic E-state index is 12.4. The number of carbonyl (C=O) groups excluding carboxylic acids is 1. The molecule has 6 heteroatoms. The number of ketones is 1. The Bertz CT molecular complexity index is 674. The summed E-state index contributed by atoms with van der Waals surface area (Å²) < 4.78 is 10.3. The van der Waals surface area contributed by atoms with Gasteiger partial charge in [-0.3, -0.25) is 4.79 Å². The summed E-state index contributed by atoms with van der Waals surface area (Å²) in [6.45, 7) is 2.36. The molecule has 2 aromatic rings. The molecule has 0 amide bonds. The second-order valence-electron chi connectivity index (χ2n) is 4.09. The normalized spacial score (nSPS) is 10.3. The van der Waals surface area contributed by atoms with Gasteiger partial charge in [0.05, 0.1) is 18.7 Å². The third-order valence-electron chi connectivity index (χ3n) is 2.73. The fraction of sp³-hybridized carbons (Fsp3) is 0.200. The highest BCUT2D eigenvalue weighted by atomic mass is 35.5. The summed E-state index contributed by atoms with van der Waals surface area (Å²) in [6.07, 6.45) is 0. The van der Waals surface area contributed by atoms with E-state index >= 15 is 0 Å². The maximum Gasteiger partial charge on any atom is 0.232 e. The third-order valence-corrected chi connectivity index (χ3v) is 3.32. The Morgan fingerprint density at radius 1 is 1.19 bits per heavy atom.